The predicted octanol–water partition coefficient (Wildman–Crippen LogP) is 1.35. The van der Waals surface area contributed by atoms with Crippen molar-refractivity contribution in [3.05, 3.63) is 42.2 Å². The van der Waals surface area contributed by atoms with Gasteiger partial charge in [-0.15, -0.1) is 5.10 Å². The molecule has 0 saturated carbocycles. The summed E-state index contributed by atoms with van der Waals surface area (Å²) in [7, 11) is 0. The molecule has 0 radical (unpaired) electrons. The van der Waals surface area contributed by atoms with Gasteiger partial charge < -0.3 is 10.1 Å². The molecule has 134 valence electrons. The number of hydrogen-bond acceptors (Lipinski definition) is 5. The summed E-state index contributed by atoms with van der Waals surface area (Å²) in [5.74, 6) is 0.250. The van der Waals surface area contributed by atoms with Gasteiger partial charge in [-0.05, 0) is 18.1 Å². The van der Waals surface area contributed by atoms with Gasteiger partial charge in [-0.3, -0.25) is 9.69 Å². The number of carbonyl (C=O) groups excluding carboxylic acids is 1. The smallest absolute Gasteiger partial charge is 0.273 e. The van der Waals surface area contributed by atoms with E-state index in [-0.39, 0.29) is 11.9 Å². The number of benzene rings is 1. The molecule has 1 aliphatic heterocycles. The lowest BCUT2D eigenvalue weighted by Gasteiger charge is -2.36. The minimum Gasteiger partial charge on any atom is -0.379 e. The predicted molar refractivity (Wildman–Crippen MR) is 94.7 cm³/mol. The zero-order valence-corrected chi connectivity index (χ0v) is 14.8. The summed E-state index contributed by atoms with van der Waals surface area (Å²) >= 11 is 0. The molecule has 1 aliphatic rings. The van der Waals surface area contributed by atoms with Crippen LogP contribution in [0.3, 0.4) is 0 Å². The second-order valence-corrected chi connectivity index (χ2v) is 6.52. The van der Waals surface area contributed by atoms with E-state index < -0.39 is 0 Å². The van der Waals surface area contributed by atoms with Gasteiger partial charge in [0.15, 0.2) is 5.69 Å². The maximum atomic E-state index is 12.4. The van der Waals surface area contributed by atoms with E-state index in [1.165, 1.54) is 11.0 Å². The maximum Gasteiger partial charge on any atom is 0.273 e. The molecule has 2 heterocycles. The molecular weight excluding hydrogens is 318 g/mol. The molecule has 0 spiro atoms. The molecule has 7 nitrogen and oxygen atoms in total. The van der Waals surface area contributed by atoms with Crippen LogP contribution in [-0.2, 0) is 4.74 Å². The van der Waals surface area contributed by atoms with Crippen molar-refractivity contribution >= 4 is 5.91 Å². The fourth-order valence-corrected chi connectivity index (χ4v) is 3.04. The third-order valence-corrected chi connectivity index (χ3v) is 4.47. The van der Waals surface area contributed by atoms with Crippen LogP contribution in [0, 0.1) is 5.92 Å². The molecule has 1 atom stereocenters. The average Bonchev–Trinajstić information content (AvgIpc) is 3.13. The van der Waals surface area contributed by atoms with Crippen molar-refractivity contribution in [2.75, 3.05) is 32.8 Å². The van der Waals surface area contributed by atoms with Crippen molar-refractivity contribution in [1.82, 2.24) is 25.2 Å². The lowest BCUT2D eigenvalue weighted by atomic mass is 10.0. The molecule has 3 rings (SSSR count). The van der Waals surface area contributed by atoms with Crippen LogP contribution in [-0.4, -0.2) is 64.7 Å². The second kappa shape index (κ2) is 8.22. The number of morpholine rings is 1. The SMILES string of the molecule is CC(C)[C@H](CNC(=O)c1cnn(-c2ccccc2)n1)N1CCOCC1. The van der Waals surface area contributed by atoms with E-state index in [1.807, 2.05) is 30.3 Å². The van der Waals surface area contributed by atoms with Crippen LogP contribution in [0.5, 0.6) is 0 Å². The summed E-state index contributed by atoms with van der Waals surface area (Å²) in [5, 5.41) is 11.5. The van der Waals surface area contributed by atoms with Gasteiger partial charge in [0, 0.05) is 25.7 Å². The number of hydrogen-bond donors (Lipinski definition) is 1. The summed E-state index contributed by atoms with van der Waals surface area (Å²) < 4.78 is 5.42. The molecule has 1 fully saturated rings. The molecule has 0 bridgehead atoms. The van der Waals surface area contributed by atoms with Gasteiger partial charge in [0.2, 0.25) is 0 Å². The fourth-order valence-electron chi connectivity index (χ4n) is 3.04. The van der Waals surface area contributed by atoms with Crippen LogP contribution in [0.1, 0.15) is 24.3 Å². The molecular formula is C18H25N5O2. The molecule has 2 aromatic rings. The van der Waals surface area contributed by atoms with Gasteiger partial charge in [-0.1, -0.05) is 32.0 Å². The maximum absolute atomic E-state index is 12.4. The molecule has 0 unspecified atom stereocenters. The molecule has 25 heavy (non-hydrogen) atoms. The van der Waals surface area contributed by atoms with E-state index in [1.54, 1.807) is 0 Å². The average molecular weight is 343 g/mol. The van der Waals surface area contributed by atoms with E-state index in [2.05, 4.69) is 34.3 Å². The Bertz CT molecular complexity index is 680. The highest BCUT2D eigenvalue weighted by atomic mass is 16.5. The second-order valence-electron chi connectivity index (χ2n) is 6.52. The Hall–Kier alpha value is -2.25. The molecule has 1 aromatic heterocycles. The lowest BCUT2D eigenvalue weighted by molar-refractivity contribution is 0.00671. The van der Waals surface area contributed by atoms with Gasteiger partial charge in [0.05, 0.1) is 25.1 Å². The summed E-state index contributed by atoms with van der Waals surface area (Å²) in [6, 6.07) is 9.83. The number of aromatic nitrogens is 3. The van der Waals surface area contributed by atoms with Crippen LogP contribution in [0.2, 0.25) is 0 Å². The molecule has 1 aromatic carbocycles. The zero-order valence-electron chi connectivity index (χ0n) is 14.8. The van der Waals surface area contributed by atoms with E-state index in [4.69, 9.17) is 4.74 Å². The normalized spacial score (nSPS) is 16.8. The van der Waals surface area contributed by atoms with E-state index in [0.717, 1.165) is 32.0 Å². The molecule has 7 heteroatoms. The Morgan fingerprint density at radius 3 is 2.64 bits per heavy atom. The van der Waals surface area contributed by atoms with Crippen molar-refractivity contribution in [3.8, 4) is 5.69 Å². The molecule has 1 N–H and O–H groups in total. The van der Waals surface area contributed by atoms with Crippen molar-refractivity contribution in [1.29, 1.82) is 0 Å². The molecule has 1 saturated heterocycles. The monoisotopic (exact) mass is 343 g/mol. The van der Waals surface area contributed by atoms with Crippen molar-refractivity contribution in [3.63, 3.8) is 0 Å². The molecule has 0 aliphatic carbocycles. The van der Waals surface area contributed by atoms with Crippen LogP contribution >= 0.6 is 0 Å². The Balaban J connectivity index is 1.60. The summed E-state index contributed by atoms with van der Waals surface area (Å²) in [4.78, 5) is 16.3. The Kier molecular flexibility index (Phi) is 5.78. The number of nitrogens with zero attached hydrogens (tertiary/aromatic N) is 4. The van der Waals surface area contributed by atoms with Crippen LogP contribution < -0.4 is 5.32 Å². The minimum absolute atomic E-state index is 0.193. The first-order valence-electron chi connectivity index (χ1n) is 8.73. The van der Waals surface area contributed by atoms with Gasteiger partial charge in [0.25, 0.3) is 5.91 Å². The van der Waals surface area contributed by atoms with Gasteiger partial charge in [-0.25, -0.2) is 0 Å². The van der Waals surface area contributed by atoms with E-state index in [9.17, 15) is 4.79 Å². The first-order chi connectivity index (χ1) is 12.1. The highest BCUT2D eigenvalue weighted by Gasteiger charge is 2.24. The number of para-hydroxylation sites is 1. The van der Waals surface area contributed by atoms with Crippen molar-refractivity contribution < 1.29 is 9.53 Å². The third kappa shape index (κ3) is 4.43. The number of carbonyl (C=O) groups is 1. The van der Waals surface area contributed by atoms with E-state index in [0.29, 0.717) is 18.2 Å². The molecule has 1 amide bonds. The number of rotatable bonds is 6. The van der Waals surface area contributed by atoms with Gasteiger partial charge >= 0.3 is 0 Å². The quantitative estimate of drug-likeness (QED) is 0.857. The Morgan fingerprint density at radius 2 is 1.96 bits per heavy atom. The fraction of sp³-hybridized carbons (Fsp3) is 0.500. The largest absolute Gasteiger partial charge is 0.379 e. The zero-order chi connectivity index (χ0) is 17.6. The minimum atomic E-state index is -0.193. The lowest BCUT2D eigenvalue weighted by Crippen LogP contribution is -2.51. The van der Waals surface area contributed by atoms with Crippen molar-refractivity contribution in [2.24, 2.45) is 5.92 Å². The third-order valence-electron chi connectivity index (χ3n) is 4.47. The van der Waals surface area contributed by atoms with E-state index >= 15 is 0 Å². The highest BCUT2D eigenvalue weighted by molar-refractivity contribution is 5.91. The summed E-state index contributed by atoms with van der Waals surface area (Å²) in [6.45, 7) is 8.27. The number of ether oxygens (including phenoxy) is 1. The topological polar surface area (TPSA) is 72.3 Å². The number of nitrogens with one attached hydrogen (secondary N) is 1. The summed E-state index contributed by atoms with van der Waals surface area (Å²) in [6.07, 6.45) is 1.50. The van der Waals surface area contributed by atoms with Crippen molar-refractivity contribution in [2.45, 2.75) is 19.9 Å². The van der Waals surface area contributed by atoms with Crippen LogP contribution in [0.15, 0.2) is 36.5 Å². The Morgan fingerprint density at radius 1 is 1.24 bits per heavy atom. The first kappa shape index (κ1) is 17.6. The Labute approximate surface area is 148 Å². The highest BCUT2D eigenvalue weighted by Crippen LogP contribution is 2.12. The summed E-state index contributed by atoms with van der Waals surface area (Å²) in [5.41, 5.74) is 1.16. The number of amides is 1. The van der Waals surface area contributed by atoms with Gasteiger partial charge in [-0.2, -0.15) is 9.90 Å². The van der Waals surface area contributed by atoms with Crippen LogP contribution in [0.25, 0.3) is 5.69 Å². The first-order valence-corrected chi connectivity index (χ1v) is 8.73. The van der Waals surface area contributed by atoms with Crippen LogP contribution in [0.4, 0.5) is 0 Å². The van der Waals surface area contributed by atoms with Gasteiger partial charge in [0.1, 0.15) is 0 Å². The standard InChI is InChI=1S/C18H25N5O2/c1-14(2)17(22-8-10-25-11-9-22)13-19-18(24)16-12-20-23(21-16)15-6-4-3-5-7-15/h3-7,12,14,17H,8-11,13H2,1-2H3,(H,19,24)/t17-/m0/s1.